The molecule has 4 heteroatoms. The number of nitrogens with zero attached hydrogens (tertiary/aromatic N) is 2. The Balaban J connectivity index is 2.50. The van der Waals surface area contributed by atoms with Gasteiger partial charge in [0.05, 0.1) is 12.3 Å². The van der Waals surface area contributed by atoms with Gasteiger partial charge in [-0.05, 0) is 19.8 Å². The Labute approximate surface area is 104 Å². The number of hydrogen-bond donors (Lipinski definition) is 1. The second kappa shape index (κ2) is 6.77. The van der Waals surface area contributed by atoms with Crippen LogP contribution in [0.25, 0.3) is 0 Å². The van der Waals surface area contributed by atoms with Crippen LogP contribution in [0, 0.1) is 0 Å². The number of hydrogen-bond acceptors (Lipinski definition) is 3. The minimum atomic E-state index is 0.371. The summed E-state index contributed by atoms with van der Waals surface area (Å²) in [6.45, 7) is 10.9. The third-order valence-electron chi connectivity index (χ3n) is 2.70. The van der Waals surface area contributed by atoms with Crippen molar-refractivity contribution in [2.24, 2.45) is 7.05 Å². The number of nitrogens with one attached hydrogen (secondary N) is 1. The standard InChI is InChI=1S/C13H25N3O/c1-6-17-9-11(4)14-7-12-8-16(5)15-13(12)10(2)3/h8,10-11,14H,6-7,9H2,1-5H3. The molecule has 0 saturated heterocycles. The van der Waals surface area contributed by atoms with Crippen molar-refractivity contribution in [3.05, 3.63) is 17.5 Å². The van der Waals surface area contributed by atoms with E-state index >= 15 is 0 Å². The molecular weight excluding hydrogens is 214 g/mol. The molecule has 0 saturated carbocycles. The molecule has 4 nitrogen and oxygen atoms in total. The minimum Gasteiger partial charge on any atom is -0.380 e. The largest absolute Gasteiger partial charge is 0.380 e. The van der Waals surface area contributed by atoms with E-state index in [0.29, 0.717) is 12.0 Å². The van der Waals surface area contributed by atoms with Crippen molar-refractivity contribution in [3.63, 3.8) is 0 Å². The summed E-state index contributed by atoms with van der Waals surface area (Å²) < 4.78 is 7.27. The van der Waals surface area contributed by atoms with Crippen LogP contribution in [0.3, 0.4) is 0 Å². The van der Waals surface area contributed by atoms with Gasteiger partial charge in [0, 0.05) is 38.0 Å². The molecule has 98 valence electrons. The second-order valence-corrected chi connectivity index (χ2v) is 4.81. The molecule has 0 amide bonds. The van der Waals surface area contributed by atoms with Crippen molar-refractivity contribution in [3.8, 4) is 0 Å². The molecule has 17 heavy (non-hydrogen) atoms. The van der Waals surface area contributed by atoms with E-state index < -0.39 is 0 Å². The summed E-state index contributed by atoms with van der Waals surface area (Å²) in [4.78, 5) is 0. The maximum absolute atomic E-state index is 5.38. The molecule has 1 heterocycles. The number of aromatic nitrogens is 2. The highest BCUT2D eigenvalue weighted by atomic mass is 16.5. The van der Waals surface area contributed by atoms with E-state index in [1.807, 2.05) is 18.7 Å². The zero-order valence-electron chi connectivity index (χ0n) is 11.7. The molecule has 1 N–H and O–H groups in total. The van der Waals surface area contributed by atoms with Gasteiger partial charge in [0.1, 0.15) is 0 Å². The van der Waals surface area contributed by atoms with Gasteiger partial charge in [0.25, 0.3) is 0 Å². The average molecular weight is 239 g/mol. The van der Waals surface area contributed by atoms with Gasteiger partial charge in [0.2, 0.25) is 0 Å². The molecule has 0 fully saturated rings. The summed E-state index contributed by atoms with van der Waals surface area (Å²) in [5, 5.41) is 7.96. The van der Waals surface area contributed by atoms with E-state index in [0.717, 1.165) is 19.8 Å². The van der Waals surface area contributed by atoms with Crippen molar-refractivity contribution in [2.45, 2.75) is 46.2 Å². The van der Waals surface area contributed by atoms with E-state index in [9.17, 15) is 0 Å². The fraction of sp³-hybridized carbons (Fsp3) is 0.769. The Bertz CT molecular complexity index is 333. The van der Waals surface area contributed by atoms with Crippen LogP contribution in [0.15, 0.2) is 6.20 Å². The Kier molecular flexibility index (Phi) is 5.65. The average Bonchev–Trinajstić information content (AvgIpc) is 2.65. The smallest absolute Gasteiger partial charge is 0.0694 e. The van der Waals surface area contributed by atoms with Gasteiger partial charge in [-0.1, -0.05) is 13.8 Å². The predicted octanol–water partition coefficient (Wildman–Crippen LogP) is 2.06. The van der Waals surface area contributed by atoms with Gasteiger partial charge in [-0.25, -0.2) is 0 Å². The van der Waals surface area contributed by atoms with E-state index in [2.05, 4.69) is 37.4 Å². The van der Waals surface area contributed by atoms with Crippen molar-refractivity contribution in [2.75, 3.05) is 13.2 Å². The number of ether oxygens (including phenoxy) is 1. The van der Waals surface area contributed by atoms with Gasteiger partial charge in [-0.2, -0.15) is 5.10 Å². The molecule has 0 bridgehead atoms. The molecule has 1 aromatic rings. The normalized spacial score (nSPS) is 13.3. The van der Waals surface area contributed by atoms with Crippen molar-refractivity contribution in [1.29, 1.82) is 0 Å². The summed E-state index contributed by atoms with van der Waals surface area (Å²) in [5.74, 6) is 0.468. The molecule has 1 unspecified atom stereocenters. The molecule has 0 radical (unpaired) electrons. The summed E-state index contributed by atoms with van der Waals surface area (Å²) in [7, 11) is 1.97. The van der Waals surface area contributed by atoms with Crippen LogP contribution in [0.5, 0.6) is 0 Å². The molecule has 1 atom stereocenters. The Hall–Kier alpha value is -0.870. The first-order valence-electron chi connectivity index (χ1n) is 6.38. The van der Waals surface area contributed by atoms with Crippen molar-refractivity contribution >= 4 is 0 Å². The summed E-state index contributed by atoms with van der Waals surface area (Å²) in [6, 6.07) is 0.371. The van der Waals surface area contributed by atoms with Crippen LogP contribution < -0.4 is 5.32 Å². The monoisotopic (exact) mass is 239 g/mol. The molecule has 0 spiro atoms. The summed E-state index contributed by atoms with van der Waals surface area (Å²) in [5.41, 5.74) is 2.47. The SMILES string of the molecule is CCOCC(C)NCc1cn(C)nc1C(C)C. The van der Waals surface area contributed by atoms with Crippen LogP contribution in [-0.2, 0) is 18.3 Å². The van der Waals surface area contributed by atoms with E-state index in [4.69, 9.17) is 4.74 Å². The lowest BCUT2D eigenvalue weighted by Gasteiger charge is -2.13. The Morgan fingerprint density at radius 1 is 1.41 bits per heavy atom. The Morgan fingerprint density at radius 3 is 2.71 bits per heavy atom. The van der Waals surface area contributed by atoms with Crippen LogP contribution in [0.4, 0.5) is 0 Å². The molecule has 1 rings (SSSR count). The lowest BCUT2D eigenvalue weighted by atomic mass is 10.1. The van der Waals surface area contributed by atoms with Gasteiger partial charge >= 0.3 is 0 Å². The quantitative estimate of drug-likeness (QED) is 0.791. The highest BCUT2D eigenvalue weighted by molar-refractivity contribution is 5.20. The maximum atomic E-state index is 5.38. The highest BCUT2D eigenvalue weighted by Crippen LogP contribution is 2.16. The maximum Gasteiger partial charge on any atom is 0.0694 e. The van der Waals surface area contributed by atoms with Crippen molar-refractivity contribution < 1.29 is 4.74 Å². The second-order valence-electron chi connectivity index (χ2n) is 4.81. The molecule has 0 aliphatic carbocycles. The third kappa shape index (κ3) is 4.48. The zero-order valence-corrected chi connectivity index (χ0v) is 11.7. The van der Waals surface area contributed by atoms with E-state index in [1.54, 1.807) is 0 Å². The topological polar surface area (TPSA) is 39.1 Å². The first-order valence-corrected chi connectivity index (χ1v) is 6.38. The molecular formula is C13H25N3O. The van der Waals surface area contributed by atoms with Gasteiger partial charge in [-0.15, -0.1) is 0 Å². The fourth-order valence-electron chi connectivity index (χ4n) is 1.81. The molecule has 1 aromatic heterocycles. The lowest BCUT2D eigenvalue weighted by molar-refractivity contribution is 0.127. The summed E-state index contributed by atoms with van der Waals surface area (Å²) in [6.07, 6.45) is 2.09. The van der Waals surface area contributed by atoms with Crippen molar-refractivity contribution in [1.82, 2.24) is 15.1 Å². The van der Waals surface area contributed by atoms with E-state index in [-0.39, 0.29) is 0 Å². The van der Waals surface area contributed by atoms with E-state index in [1.165, 1.54) is 11.3 Å². The lowest BCUT2D eigenvalue weighted by Crippen LogP contribution is -2.30. The zero-order chi connectivity index (χ0) is 12.8. The van der Waals surface area contributed by atoms with Gasteiger partial charge in [0.15, 0.2) is 0 Å². The number of aryl methyl sites for hydroxylation is 1. The first kappa shape index (κ1) is 14.2. The number of rotatable bonds is 7. The molecule has 0 aliphatic rings. The minimum absolute atomic E-state index is 0.371. The third-order valence-corrected chi connectivity index (χ3v) is 2.70. The van der Waals surface area contributed by atoms with Gasteiger partial charge in [-0.3, -0.25) is 4.68 Å². The first-order chi connectivity index (χ1) is 8.04. The molecule has 0 aromatic carbocycles. The predicted molar refractivity (Wildman–Crippen MR) is 70.1 cm³/mol. The van der Waals surface area contributed by atoms with Gasteiger partial charge < -0.3 is 10.1 Å². The van der Waals surface area contributed by atoms with Crippen LogP contribution in [0.1, 0.15) is 44.9 Å². The highest BCUT2D eigenvalue weighted by Gasteiger charge is 2.11. The Morgan fingerprint density at radius 2 is 2.12 bits per heavy atom. The van der Waals surface area contributed by atoms with Crippen LogP contribution in [-0.4, -0.2) is 29.0 Å². The fourth-order valence-corrected chi connectivity index (χ4v) is 1.81. The van der Waals surface area contributed by atoms with Crippen LogP contribution >= 0.6 is 0 Å². The molecule has 0 aliphatic heterocycles. The summed E-state index contributed by atoms with van der Waals surface area (Å²) >= 11 is 0. The van der Waals surface area contributed by atoms with Crippen LogP contribution in [0.2, 0.25) is 0 Å².